The molecule has 1 heterocycles. The summed E-state index contributed by atoms with van der Waals surface area (Å²) in [7, 11) is 0. The van der Waals surface area contributed by atoms with Crippen LogP contribution in [0.3, 0.4) is 0 Å². The van der Waals surface area contributed by atoms with Crippen LogP contribution < -0.4 is 5.73 Å². The Hall–Kier alpha value is -1.23. The molecule has 1 aromatic rings. The monoisotopic (exact) mass is 393 g/mol. The van der Waals surface area contributed by atoms with Gasteiger partial charge in [-0.05, 0) is 30.5 Å². The highest BCUT2D eigenvalue weighted by Crippen LogP contribution is 2.11. The first-order valence-electron chi connectivity index (χ1n) is 11.5. The minimum Gasteiger partial charge on any atom is -0.326 e. The maximum atomic E-state index is 11.3. The standard InChI is InChI=1S/C20H33N3O.2C2H6.H2/c1-2-20(24)6-4-3-5-11-22-12-14-23(15-13-22)17-19-9-7-18(16-21)8-10-19;2*1-2;/h7-10H,2-6,11-17,21H2,1H3;2*1-2H3;1H. The van der Waals surface area contributed by atoms with Gasteiger partial charge in [-0.1, -0.05) is 65.3 Å². The molecule has 28 heavy (non-hydrogen) atoms. The molecule has 0 aromatic heterocycles. The molecule has 1 aliphatic rings. The summed E-state index contributed by atoms with van der Waals surface area (Å²) in [5.41, 5.74) is 8.22. The SMILES string of the molecule is CC.CC.CCC(=O)CCCCCN1CCN(Cc2ccc(CN)cc2)CC1.[HH]. The number of piperazine rings is 1. The lowest BCUT2D eigenvalue weighted by Crippen LogP contribution is -2.46. The lowest BCUT2D eigenvalue weighted by atomic mass is 10.1. The summed E-state index contributed by atoms with van der Waals surface area (Å²) in [6, 6.07) is 8.67. The Bertz CT molecular complexity index is 485. The molecule has 2 N–H and O–H groups in total. The highest BCUT2D eigenvalue weighted by Gasteiger charge is 2.16. The van der Waals surface area contributed by atoms with Crippen LogP contribution in [-0.2, 0) is 17.9 Å². The van der Waals surface area contributed by atoms with Crippen molar-refractivity contribution in [3.63, 3.8) is 0 Å². The average molecular weight is 394 g/mol. The van der Waals surface area contributed by atoms with Gasteiger partial charge in [-0.2, -0.15) is 0 Å². The van der Waals surface area contributed by atoms with Crippen LogP contribution in [0.25, 0.3) is 0 Å². The zero-order valence-corrected chi connectivity index (χ0v) is 19.2. The minimum absolute atomic E-state index is 0. The van der Waals surface area contributed by atoms with Gasteiger partial charge in [0.1, 0.15) is 5.78 Å². The van der Waals surface area contributed by atoms with E-state index >= 15 is 0 Å². The number of benzene rings is 1. The van der Waals surface area contributed by atoms with Gasteiger partial charge in [-0.3, -0.25) is 9.69 Å². The molecule has 164 valence electrons. The molecule has 4 nitrogen and oxygen atoms in total. The Labute approximate surface area is 176 Å². The van der Waals surface area contributed by atoms with Gasteiger partial charge in [-0.15, -0.1) is 0 Å². The third kappa shape index (κ3) is 11.6. The molecule has 0 amide bonds. The smallest absolute Gasteiger partial charge is 0.132 e. The zero-order valence-electron chi connectivity index (χ0n) is 19.2. The maximum absolute atomic E-state index is 11.3. The first-order valence-corrected chi connectivity index (χ1v) is 11.5. The molecule has 0 spiro atoms. The van der Waals surface area contributed by atoms with E-state index in [1.165, 1.54) is 30.5 Å². The van der Waals surface area contributed by atoms with Crippen LogP contribution in [0.4, 0.5) is 0 Å². The average Bonchev–Trinajstić information content (AvgIpc) is 2.77. The van der Waals surface area contributed by atoms with Gasteiger partial charge in [0.15, 0.2) is 0 Å². The van der Waals surface area contributed by atoms with Crippen LogP contribution in [-0.4, -0.2) is 48.3 Å². The number of hydrogen-bond acceptors (Lipinski definition) is 4. The lowest BCUT2D eigenvalue weighted by molar-refractivity contribution is -0.118. The summed E-state index contributed by atoms with van der Waals surface area (Å²) in [6.45, 7) is 17.4. The summed E-state index contributed by atoms with van der Waals surface area (Å²) >= 11 is 0. The maximum Gasteiger partial charge on any atom is 0.132 e. The molecule has 2 rings (SSSR count). The molecule has 1 fully saturated rings. The second-order valence-electron chi connectivity index (χ2n) is 6.84. The van der Waals surface area contributed by atoms with Crippen LogP contribution >= 0.6 is 0 Å². The molecular formula is C24H47N3O. The van der Waals surface area contributed by atoms with Crippen molar-refractivity contribution in [1.29, 1.82) is 0 Å². The second-order valence-corrected chi connectivity index (χ2v) is 6.84. The van der Waals surface area contributed by atoms with E-state index < -0.39 is 0 Å². The van der Waals surface area contributed by atoms with Crippen molar-refractivity contribution in [3.05, 3.63) is 35.4 Å². The largest absolute Gasteiger partial charge is 0.326 e. The number of nitrogens with two attached hydrogens (primary N) is 1. The van der Waals surface area contributed by atoms with Crippen LogP contribution in [0.2, 0.25) is 0 Å². The van der Waals surface area contributed by atoms with Crippen LogP contribution in [0.15, 0.2) is 24.3 Å². The Morgan fingerprint density at radius 1 is 0.893 bits per heavy atom. The van der Waals surface area contributed by atoms with Gasteiger partial charge in [-0.25, -0.2) is 0 Å². The number of unbranched alkanes of at least 4 members (excludes halogenated alkanes) is 2. The van der Waals surface area contributed by atoms with Gasteiger partial charge in [0.2, 0.25) is 0 Å². The molecule has 0 saturated carbocycles. The summed E-state index contributed by atoms with van der Waals surface area (Å²) < 4.78 is 0. The predicted molar refractivity (Wildman–Crippen MR) is 125 cm³/mol. The topological polar surface area (TPSA) is 49.6 Å². The van der Waals surface area contributed by atoms with Gasteiger partial charge >= 0.3 is 0 Å². The fraction of sp³-hybridized carbons (Fsp3) is 0.708. The molecule has 0 unspecified atom stereocenters. The number of carbonyl (C=O) groups excluding carboxylic acids is 1. The van der Waals surface area contributed by atoms with E-state index in [-0.39, 0.29) is 1.43 Å². The molecule has 0 bridgehead atoms. The Morgan fingerprint density at radius 2 is 1.43 bits per heavy atom. The Balaban J connectivity index is 0. The molecular weight excluding hydrogens is 346 g/mol. The van der Waals surface area contributed by atoms with Crippen molar-refractivity contribution in [2.24, 2.45) is 5.73 Å². The summed E-state index contributed by atoms with van der Waals surface area (Å²) in [6.07, 6.45) is 4.92. The Morgan fingerprint density at radius 3 is 1.96 bits per heavy atom. The molecule has 1 aliphatic heterocycles. The normalized spacial score (nSPS) is 14.5. The number of rotatable bonds is 10. The number of Topliss-reactive ketones (excluding diaryl/α,β-unsaturated/α-hetero) is 1. The molecule has 0 radical (unpaired) electrons. The highest BCUT2D eigenvalue weighted by atomic mass is 16.1. The van der Waals surface area contributed by atoms with E-state index in [1.54, 1.807) is 0 Å². The van der Waals surface area contributed by atoms with Crippen molar-refractivity contribution in [2.45, 2.75) is 79.8 Å². The van der Waals surface area contributed by atoms with Crippen LogP contribution in [0.5, 0.6) is 0 Å². The van der Waals surface area contributed by atoms with Crippen molar-refractivity contribution < 1.29 is 6.22 Å². The fourth-order valence-corrected chi connectivity index (χ4v) is 3.22. The van der Waals surface area contributed by atoms with Gasteiger partial charge in [0.25, 0.3) is 0 Å². The van der Waals surface area contributed by atoms with Gasteiger partial charge < -0.3 is 10.6 Å². The van der Waals surface area contributed by atoms with E-state index in [0.29, 0.717) is 18.7 Å². The zero-order chi connectivity index (χ0) is 21.2. The van der Waals surface area contributed by atoms with E-state index in [2.05, 4.69) is 34.1 Å². The highest BCUT2D eigenvalue weighted by molar-refractivity contribution is 5.77. The molecule has 4 heteroatoms. The Kier molecular flexibility index (Phi) is 17.1. The van der Waals surface area contributed by atoms with E-state index in [1.807, 2.05) is 34.6 Å². The predicted octanol–water partition coefficient (Wildman–Crippen LogP) is 5.10. The number of ketones is 1. The van der Waals surface area contributed by atoms with E-state index in [9.17, 15) is 4.79 Å². The molecule has 1 aromatic carbocycles. The van der Waals surface area contributed by atoms with E-state index in [4.69, 9.17) is 5.73 Å². The second kappa shape index (κ2) is 17.8. The molecule has 1 saturated heterocycles. The number of hydrogen-bond donors (Lipinski definition) is 1. The first-order chi connectivity index (χ1) is 13.7. The fourth-order valence-electron chi connectivity index (χ4n) is 3.22. The van der Waals surface area contributed by atoms with Crippen molar-refractivity contribution in [3.8, 4) is 0 Å². The summed E-state index contributed by atoms with van der Waals surface area (Å²) in [4.78, 5) is 16.4. The lowest BCUT2D eigenvalue weighted by Gasteiger charge is -2.34. The van der Waals surface area contributed by atoms with Gasteiger partial charge in [0, 0.05) is 53.5 Å². The molecule has 0 aliphatic carbocycles. The van der Waals surface area contributed by atoms with E-state index in [0.717, 1.165) is 45.6 Å². The van der Waals surface area contributed by atoms with Crippen LogP contribution in [0, 0.1) is 0 Å². The first kappa shape index (κ1) is 26.8. The quantitative estimate of drug-likeness (QED) is 0.562. The number of carbonyl (C=O) groups is 1. The van der Waals surface area contributed by atoms with Gasteiger partial charge in [0.05, 0.1) is 0 Å². The minimum atomic E-state index is 0. The third-order valence-electron chi connectivity index (χ3n) is 4.95. The van der Waals surface area contributed by atoms with Crippen molar-refractivity contribution >= 4 is 5.78 Å². The number of nitrogens with zero attached hydrogens (tertiary/aromatic N) is 2. The summed E-state index contributed by atoms with van der Waals surface area (Å²) in [5, 5.41) is 0. The third-order valence-corrected chi connectivity index (χ3v) is 4.95. The van der Waals surface area contributed by atoms with Crippen molar-refractivity contribution in [1.82, 2.24) is 9.80 Å². The summed E-state index contributed by atoms with van der Waals surface area (Å²) in [5.74, 6) is 0.406. The van der Waals surface area contributed by atoms with Crippen LogP contribution in [0.1, 0.15) is 79.3 Å². The van der Waals surface area contributed by atoms with Crippen molar-refractivity contribution in [2.75, 3.05) is 32.7 Å². The molecule has 0 atom stereocenters.